The molecule has 3 heterocycles. The number of aliphatic hydroxyl groups excluding tert-OH is 1. The molecule has 1 aromatic heterocycles. The minimum absolute atomic E-state index is 0.0802. The molecule has 0 aliphatic carbocycles. The van der Waals surface area contributed by atoms with Crippen LogP contribution in [0.5, 0.6) is 11.5 Å². The van der Waals surface area contributed by atoms with E-state index in [2.05, 4.69) is 18.8 Å². The quantitative estimate of drug-likeness (QED) is 0.304. The lowest BCUT2D eigenvalue weighted by Crippen LogP contribution is -2.31. The summed E-state index contributed by atoms with van der Waals surface area (Å²) in [6, 6.07) is 12.2. The van der Waals surface area contributed by atoms with Gasteiger partial charge < -0.3 is 24.0 Å². The van der Waals surface area contributed by atoms with E-state index < -0.39 is 17.7 Å². The Balaban J connectivity index is 1.53. The van der Waals surface area contributed by atoms with Crippen molar-refractivity contribution < 1.29 is 24.2 Å². The maximum absolute atomic E-state index is 13.3. The molecule has 8 heteroatoms. The van der Waals surface area contributed by atoms with Crippen LogP contribution in [0.1, 0.15) is 48.9 Å². The largest absolute Gasteiger partial charge is 0.507 e. The van der Waals surface area contributed by atoms with Gasteiger partial charge in [0.1, 0.15) is 19.0 Å². The first-order valence-electron chi connectivity index (χ1n) is 12.2. The number of hydrogen-bond donors (Lipinski definition) is 1. The van der Waals surface area contributed by atoms with Crippen molar-refractivity contribution >= 4 is 17.4 Å². The number of nitrogens with zero attached hydrogens (tertiary/aromatic N) is 3. The molecule has 36 heavy (non-hydrogen) atoms. The van der Waals surface area contributed by atoms with Crippen LogP contribution < -0.4 is 9.47 Å². The summed E-state index contributed by atoms with van der Waals surface area (Å²) in [5.41, 5.74) is 2.42. The maximum atomic E-state index is 13.3. The number of carbonyl (C=O) groups is 2. The van der Waals surface area contributed by atoms with E-state index in [1.165, 1.54) is 0 Å². The number of amides is 1. The summed E-state index contributed by atoms with van der Waals surface area (Å²) in [6.07, 6.45) is 5.92. The first kappa shape index (κ1) is 23.7. The molecule has 3 aromatic rings. The summed E-state index contributed by atoms with van der Waals surface area (Å²) < 4.78 is 13.2. The van der Waals surface area contributed by atoms with Crippen molar-refractivity contribution in [1.29, 1.82) is 0 Å². The molecule has 0 saturated carbocycles. The zero-order valence-corrected chi connectivity index (χ0v) is 20.4. The number of aliphatic hydroxyl groups is 1. The molecular weight excluding hydrogens is 458 g/mol. The van der Waals surface area contributed by atoms with Crippen molar-refractivity contribution in [2.75, 3.05) is 19.8 Å². The fraction of sp³-hybridized carbons (Fsp3) is 0.321. The van der Waals surface area contributed by atoms with Gasteiger partial charge in [0.15, 0.2) is 11.5 Å². The molecule has 2 aliphatic heterocycles. The van der Waals surface area contributed by atoms with Crippen LogP contribution >= 0.6 is 0 Å². The summed E-state index contributed by atoms with van der Waals surface area (Å²) in [5, 5.41) is 11.3. The Kier molecular flexibility index (Phi) is 6.50. The number of benzene rings is 2. The second kappa shape index (κ2) is 9.89. The summed E-state index contributed by atoms with van der Waals surface area (Å²) in [4.78, 5) is 32.1. The summed E-state index contributed by atoms with van der Waals surface area (Å²) in [5.74, 6) is -0.101. The lowest BCUT2D eigenvalue weighted by molar-refractivity contribution is -0.139. The van der Waals surface area contributed by atoms with Crippen molar-refractivity contribution in [3.05, 3.63) is 83.4 Å². The van der Waals surface area contributed by atoms with E-state index in [0.29, 0.717) is 55.7 Å². The lowest BCUT2D eigenvalue weighted by Gasteiger charge is -2.26. The number of ether oxygens (including phenoxy) is 2. The predicted octanol–water partition coefficient (Wildman–Crippen LogP) is 4.29. The highest BCUT2D eigenvalue weighted by atomic mass is 16.6. The number of imidazole rings is 1. The second-order valence-electron chi connectivity index (χ2n) is 9.33. The molecule has 5 rings (SSSR count). The van der Waals surface area contributed by atoms with Gasteiger partial charge in [0, 0.05) is 31.0 Å². The fourth-order valence-electron chi connectivity index (χ4n) is 4.71. The van der Waals surface area contributed by atoms with Crippen LogP contribution in [0, 0.1) is 0 Å². The van der Waals surface area contributed by atoms with E-state index in [9.17, 15) is 14.7 Å². The monoisotopic (exact) mass is 487 g/mol. The zero-order valence-electron chi connectivity index (χ0n) is 20.4. The number of fused-ring (bicyclic) bond motifs is 1. The molecule has 1 N–H and O–H groups in total. The fourth-order valence-corrected chi connectivity index (χ4v) is 4.71. The minimum Gasteiger partial charge on any atom is -0.507 e. The maximum Gasteiger partial charge on any atom is 0.295 e. The van der Waals surface area contributed by atoms with Crippen molar-refractivity contribution in [2.24, 2.45) is 0 Å². The Morgan fingerprint density at radius 2 is 1.81 bits per heavy atom. The lowest BCUT2D eigenvalue weighted by atomic mass is 9.93. The van der Waals surface area contributed by atoms with Crippen LogP contribution in [0.25, 0.3) is 5.76 Å². The normalized spacial score (nSPS) is 18.8. The van der Waals surface area contributed by atoms with E-state index in [1.807, 2.05) is 35.0 Å². The number of aromatic nitrogens is 2. The van der Waals surface area contributed by atoms with Gasteiger partial charge in [-0.15, -0.1) is 0 Å². The molecule has 1 fully saturated rings. The SMILES string of the molecule is CC(C)c1ccc([C@@H]2/C(=C(\O)c3ccc4c(c3)OCCO4)C(=O)C(=O)N2CCCn2ccnc2)cc1. The molecule has 1 amide bonds. The molecule has 1 atom stereocenters. The third kappa shape index (κ3) is 4.46. The van der Waals surface area contributed by atoms with Crippen LogP contribution in [0.2, 0.25) is 0 Å². The number of ketones is 1. The third-order valence-corrected chi connectivity index (χ3v) is 6.65. The van der Waals surface area contributed by atoms with Gasteiger partial charge in [-0.1, -0.05) is 38.1 Å². The molecular formula is C28H29N3O5. The van der Waals surface area contributed by atoms with Crippen LogP contribution in [-0.4, -0.2) is 51.0 Å². The van der Waals surface area contributed by atoms with Gasteiger partial charge in [-0.2, -0.15) is 0 Å². The van der Waals surface area contributed by atoms with E-state index in [4.69, 9.17) is 9.47 Å². The standard InChI is InChI=1S/C28H29N3O5/c1-18(2)19-4-6-20(7-5-19)25-24(26(32)21-8-9-22-23(16-21)36-15-14-35-22)27(33)28(34)31(25)12-3-11-30-13-10-29-17-30/h4-10,13,16-18,25,32H,3,11-12,14-15H2,1-2H3/b26-24+/t25-/m1/s1. The van der Waals surface area contributed by atoms with E-state index in [1.54, 1.807) is 35.6 Å². The van der Waals surface area contributed by atoms with Gasteiger partial charge in [0.25, 0.3) is 11.7 Å². The first-order chi connectivity index (χ1) is 17.4. The molecule has 0 bridgehead atoms. The number of rotatable bonds is 7. The van der Waals surface area contributed by atoms with Gasteiger partial charge in [0.2, 0.25) is 0 Å². The molecule has 8 nitrogen and oxygen atoms in total. The molecule has 1 saturated heterocycles. The van der Waals surface area contributed by atoms with Crippen molar-refractivity contribution in [2.45, 2.75) is 38.8 Å². The smallest absolute Gasteiger partial charge is 0.295 e. The summed E-state index contributed by atoms with van der Waals surface area (Å²) in [7, 11) is 0. The molecule has 0 unspecified atom stereocenters. The minimum atomic E-state index is -0.692. The predicted molar refractivity (Wildman–Crippen MR) is 134 cm³/mol. The molecule has 186 valence electrons. The topological polar surface area (TPSA) is 93.9 Å². The Morgan fingerprint density at radius 3 is 2.50 bits per heavy atom. The Labute approximate surface area is 209 Å². The molecule has 2 aromatic carbocycles. The number of carbonyl (C=O) groups excluding carboxylic acids is 2. The summed E-state index contributed by atoms with van der Waals surface area (Å²) >= 11 is 0. The van der Waals surface area contributed by atoms with Gasteiger partial charge >= 0.3 is 0 Å². The van der Waals surface area contributed by atoms with Gasteiger partial charge in [-0.3, -0.25) is 9.59 Å². The average Bonchev–Trinajstić information content (AvgIpc) is 3.50. The highest BCUT2D eigenvalue weighted by Crippen LogP contribution is 2.41. The number of Topliss-reactive ketones (excluding diaryl/α,β-unsaturated/α-hetero) is 1. The van der Waals surface area contributed by atoms with Crippen molar-refractivity contribution in [3.63, 3.8) is 0 Å². The second-order valence-corrected chi connectivity index (χ2v) is 9.33. The number of aryl methyl sites for hydroxylation is 1. The van der Waals surface area contributed by atoms with Crippen LogP contribution in [0.4, 0.5) is 0 Å². The van der Waals surface area contributed by atoms with E-state index >= 15 is 0 Å². The van der Waals surface area contributed by atoms with Crippen LogP contribution in [0.15, 0.2) is 66.8 Å². The van der Waals surface area contributed by atoms with Gasteiger partial charge in [-0.05, 0) is 41.7 Å². The van der Waals surface area contributed by atoms with Crippen LogP contribution in [0.3, 0.4) is 0 Å². The zero-order chi connectivity index (χ0) is 25.2. The van der Waals surface area contributed by atoms with Gasteiger partial charge in [-0.25, -0.2) is 4.98 Å². The van der Waals surface area contributed by atoms with Crippen molar-refractivity contribution in [3.8, 4) is 11.5 Å². The average molecular weight is 488 g/mol. The number of likely N-dealkylation sites (tertiary alicyclic amines) is 1. The van der Waals surface area contributed by atoms with Gasteiger partial charge in [0.05, 0.1) is 17.9 Å². The first-order valence-corrected chi connectivity index (χ1v) is 12.2. The van der Waals surface area contributed by atoms with Crippen molar-refractivity contribution in [1.82, 2.24) is 14.5 Å². The van der Waals surface area contributed by atoms with E-state index in [-0.39, 0.29) is 11.3 Å². The Bertz CT molecular complexity index is 1300. The van der Waals surface area contributed by atoms with Crippen LogP contribution in [-0.2, 0) is 16.1 Å². The molecule has 2 aliphatic rings. The Morgan fingerprint density at radius 1 is 1.06 bits per heavy atom. The highest BCUT2D eigenvalue weighted by molar-refractivity contribution is 6.46. The Hall–Kier alpha value is -4.07. The van der Waals surface area contributed by atoms with E-state index in [0.717, 1.165) is 11.1 Å². The third-order valence-electron chi connectivity index (χ3n) is 6.65. The highest BCUT2D eigenvalue weighted by Gasteiger charge is 2.45. The molecule has 0 radical (unpaired) electrons. The number of hydrogen-bond acceptors (Lipinski definition) is 6. The summed E-state index contributed by atoms with van der Waals surface area (Å²) in [6.45, 7) is 6.09. The molecule has 0 spiro atoms.